The van der Waals surface area contributed by atoms with Crippen LogP contribution in [0.25, 0.3) is 0 Å². The molecule has 1 fully saturated rings. The van der Waals surface area contributed by atoms with Crippen LogP contribution in [-0.2, 0) is 6.18 Å². The van der Waals surface area contributed by atoms with Crippen molar-refractivity contribution in [2.24, 2.45) is 0 Å². The Hall–Kier alpha value is -1.19. The van der Waals surface area contributed by atoms with Gasteiger partial charge in [0.15, 0.2) is 0 Å². The molecule has 1 saturated carbocycles. The van der Waals surface area contributed by atoms with Gasteiger partial charge in [-0.25, -0.2) is 0 Å². The molecule has 1 nitrogen and oxygen atoms in total. The van der Waals surface area contributed by atoms with Crippen LogP contribution in [0.4, 0.5) is 18.9 Å². The Morgan fingerprint density at radius 2 is 1.80 bits per heavy atom. The highest BCUT2D eigenvalue weighted by Gasteiger charge is 2.33. The highest BCUT2D eigenvalue weighted by atomic mass is 19.4. The number of hydrogen-bond donors (Lipinski definition) is 1. The second-order valence-corrected chi connectivity index (χ2v) is 3.82. The molecule has 0 heterocycles. The number of halogens is 3. The molecule has 0 aliphatic heterocycles. The van der Waals surface area contributed by atoms with Crippen molar-refractivity contribution in [2.45, 2.75) is 31.5 Å². The van der Waals surface area contributed by atoms with E-state index in [4.69, 9.17) is 0 Å². The lowest BCUT2D eigenvalue weighted by atomic mass is 9.92. The van der Waals surface area contributed by atoms with Crippen LogP contribution < -0.4 is 5.32 Å². The molecule has 0 amide bonds. The van der Waals surface area contributed by atoms with Crippen molar-refractivity contribution in [1.82, 2.24) is 0 Å². The summed E-state index contributed by atoms with van der Waals surface area (Å²) in [5.74, 6) is 0. The van der Waals surface area contributed by atoms with Crippen molar-refractivity contribution >= 4 is 5.69 Å². The summed E-state index contributed by atoms with van der Waals surface area (Å²) in [6.07, 6.45) is -1.24. The van der Waals surface area contributed by atoms with Crippen LogP contribution in [0.3, 0.4) is 0 Å². The van der Waals surface area contributed by atoms with E-state index in [1.807, 2.05) is 0 Å². The summed E-state index contributed by atoms with van der Waals surface area (Å²) in [5.41, 5.74) is -0.369. The van der Waals surface area contributed by atoms with Gasteiger partial charge in [-0.1, -0.05) is 12.1 Å². The predicted molar refractivity (Wildman–Crippen MR) is 52.7 cm³/mol. The minimum atomic E-state index is -4.27. The highest BCUT2D eigenvalue weighted by molar-refractivity contribution is 5.53. The molecule has 2 rings (SSSR count). The Bertz CT molecular complexity index is 342. The van der Waals surface area contributed by atoms with Gasteiger partial charge in [-0.3, -0.25) is 0 Å². The van der Waals surface area contributed by atoms with E-state index >= 15 is 0 Å². The Labute approximate surface area is 86.3 Å². The topological polar surface area (TPSA) is 12.0 Å². The number of nitrogens with one attached hydrogen (secondary N) is 1. The normalized spacial score (nSPS) is 17.3. The summed E-state index contributed by atoms with van der Waals surface area (Å²) in [7, 11) is 0. The molecule has 1 aliphatic rings. The van der Waals surface area contributed by atoms with Gasteiger partial charge in [0.25, 0.3) is 0 Å². The summed E-state index contributed by atoms with van der Waals surface area (Å²) < 4.78 is 37.7. The van der Waals surface area contributed by atoms with Crippen molar-refractivity contribution in [3.63, 3.8) is 0 Å². The van der Waals surface area contributed by atoms with E-state index in [0.717, 1.165) is 25.3 Å². The molecule has 0 saturated heterocycles. The molecule has 15 heavy (non-hydrogen) atoms. The van der Waals surface area contributed by atoms with Crippen LogP contribution in [0.2, 0.25) is 0 Å². The molecule has 0 spiro atoms. The lowest BCUT2D eigenvalue weighted by Crippen LogP contribution is -2.28. The molecule has 0 bridgehead atoms. The molecule has 0 aromatic heterocycles. The van der Waals surface area contributed by atoms with Crippen molar-refractivity contribution in [2.75, 3.05) is 5.32 Å². The summed E-state index contributed by atoms with van der Waals surface area (Å²) in [5, 5.41) is 2.93. The Morgan fingerprint density at radius 1 is 1.13 bits per heavy atom. The molecule has 0 unspecified atom stereocenters. The van der Waals surface area contributed by atoms with Crippen LogP contribution in [0.15, 0.2) is 24.3 Å². The maximum absolute atomic E-state index is 12.6. The van der Waals surface area contributed by atoms with Crippen LogP contribution >= 0.6 is 0 Å². The minimum absolute atomic E-state index is 0.203. The van der Waals surface area contributed by atoms with E-state index in [2.05, 4.69) is 5.32 Å². The summed E-state index contributed by atoms with van der Waals surface area (Å²) in [6.45, 7) is 0. The van der Waals surface area contributed by atoms with Crippen molar-refractivity contribution in [3.05, 3.63) is 29.8 Å². The van der Waals surface area contributed by atoms with Gasteiger partial charge in [0.2, 0.25) is 0 Å². The maximum Gasteiger partial charge on any atom is 0.418 e. The van der Waals surface area contributed by atoms with Crippen LogP contribution in [-0.4, -0.2) is 6.04 Å². The molecule has 1 aromatic carbocycles. The number of anilines is 1. The second kappa shape index (κ2) is 3.76. The molecule has 0 atom stereocenters. The SMILES string of the molecule is FC(F)(F)c1ccccc1NC1CCC1. The standard InChI is InChI=1S/C11H12F3N/c12-11(13,14)9-6-1-2-7-10(9)15-8-4-3-5-8/h1-2,6-8,15H,3-5H2. The summed E-state index contributed by atoms with van der Waals surface area (Å²) in [4.78, 5) is 0. The highest BCUT2D eigenvalue weighted by Crippen LogP contribution is 2.36. The molecular weight excluding hydrogens is 203 g/mol. The fourth-order valence-corrected chi connectivity index (χ4v) is 1.63. The molecule has 1 aliphatic carbocycles. The van der Waals surface area contributed by atoms with Gasteiger partial charge >= 0.3 is 6.18 Å². The predicted octanol–water partition coefficient (Wildman–Crippen LogP) is 3.67. The Morgan fingerprint density at radius 3 is 2.33 bits per heavy atom. The fourth-order valence-electron chi connectivity index (χ4n) is 1.63. The van der Waals surface area contributed by atoms with Gasteiger partial charge in [0.05, 0.1) is 5.56 Å². The fraction of sp³-hybridized carbons (Fsp3) is 0.455. The van der Waals surface area contributed by atoms with Crippen LogP contribution in [0.5, 0.6) is 0 Å². The first-order chi connectivity index (χ1) is 7.07. The van der Waals surface area contributed by atoms with E-state index in [9.17, 15) is 13.2 Å². The van der Waals surface area contributed by atoms with E-state index in [0.29, 0.717) is 0 Å². The smallest absolute Gasteiger partial charge is 0.382 e. The number of alkyl halides is 3. The number of rotatable bonds is 2. The van der Waals surface area contributed by atoms with Gasteiger partial charge < -0.3 is 5.32 Å². The van der Waals surface area contributed by atoms with E-state index < -0.39 is 11.7 Å². The molecule has 82 valence electrons. The van der Waals surface area contributed by atoms with Gasteiger partial charge in [-0.15, -0.1) is 0 Å². The number of para-hydroxylation sites is 1. The molecule has 0 radical (unpaired) electrons. The van der Waals surface area contributed by atoms with Crippen LogP contribution in [0, 0.1) is 0 Å². The lowest BCUT2D eigenvalue weighted by molar-refractivity contribution is -0.137. The zero-order chi connectivity index (χ0) is 10.9. The third-order valence-corrected chi connectivity index (χ3v) is 2.70. The second-order valence-electron chi connectivity index (χ2n) is 3.82. The van der Waals surface area contributed by atoms with E-state index in [1.54, 1.807) is 6.07 Å². The average molecular weight is 215 g/mol. The number of hydrogen-bond acceptors (Lipinski definition) is 1. The van der Waals surface area contributed by atoms with Gasteiger partial charge in [-0.2, -0.15) is 13.2 Å². The first-order valence-corrected chi connectivity index (χ1v) is 5.00. The van der Waals surface area contributed by atoms with Crippen LogP contribution in [0.1, 0.15) is 24.8 Å². The zero-order valence-corrected chi connectivity index (χ0v) is 8.14. The van der Waals surface area contributed by atoms with Gasteiger partial charge in [0, 0.05) is 11.7 Å². The maximum atomic E-state index is 12.6. The zero-order valence-electron chi connectivity index (χ0n) is 8.14. The number of benzene rings is 1. The van der Waals surface area contributed by atoms with Gasteiger partial charge in [0.1, 0.15) is 0 Å². The molecule has 1 aromatic rings. The largest absolute Gasteiger partial charge is 0.418 e. The Kier molecular flexibility index (Phi) is 2.59. The third-order valence-electron chi connectivity index (χ3n) is 2.70. The average Bonchev–Trinajstić information content (AvgIpc) is 2.10. The summed E-state index contributed by atoms with van der Waals surface area (Å²) in [6, 6.07) is 5.85. The summed E-state index contributed by atoms with van der Waals surface area (Å²) >= 11 is 0. The minimum Gasteiger partial charge on any atom is -0.382 e. The Balaban J connectivity index is 2.21. The third kappa shape index (κ3) is 2.25. The molecule has 4 heteroatoms. The lowest BCUT2D eigenvalue weighted by Gasteiger charge is -2.28. The van der Waals surface area contributed by atoms with Crippen molar-refractivity contribution in [1.29, 1.82) is 0 Å². The van der Waals surface area contributed by atoms with E-state index in [1.165, 1.54) is 12.1 Å². The molecule has 1 N–H and O–H groups in total. The van der Waals surface area contributed by atoms with E-state index in [-0.39, 0.29) is 11.7 Å². The van der Waals surface area contributed by atoms with Gasteiger partial charge in [-0.05, 0) is 31.4 Å². The first kappa shape index (κ1) is 10.3. The first-order valence-electron chi connectivity index (χ1n) is 5.00. The molecular formula is C11H12F3N. The quantitative estimate of drug-likeness (QED) is 0.793. The van der Waals surface area contributed by atoms with Crippen molar-refractivity contribution < 1.29 is 13.2 Å². The monoisotopic (exact) mass is 215 g/mol. The van der Waals surface area contributed by atoms with Crippen molar-refractivity contribution in [3.8, 4) is 0 Å².